The molecule has 0 spiro atoms. The molecule has 9 rings (SSSR count). The zero-order valence-electron chi connectivity index (χ0n) is 37.2. The van der Waals surface area contributed by atoms with Crippen LogP contribution in [0, 0.1) is 27.7 Å². The molecule has 0 amide bonds. The minimum absolute atomic E-state index is 1.19. The van der Waals surface area contributed by atoms with E-state index in [2.05, 4.69) is 282 Å². The number of hydrogen-bond acceptors (Lipinski definition) is 0. The third-order valence-electron chi connectivity index (χ3n) is 12.9. The summed E-state index contributed by atoms with van der Waals surface area (Å²) in [5.74, 6) is 0. The summed E-state index contributed by atoms with van der Waals surface area (Å²) in [5.41, 5.74) is 17.4. The van der Waals surface area contributed by atoms with Crippen molar-refractivity contribution in [3.63, 3.8) is 0 Å². The van der Waals surface area contributed by atoms with E-state index in [-0.39, 0.29) is 0 Å². The van der Waals surface area contributed by atoms with Crippen molar-refractivity contribution in [3.8, 4) is 22.3 Å². The molecule has 0 bridgehead atoms. The Morgan fingerprint density at radius 1 is 0.234 bits per heavy atom. The van der Waals surface area contributed by atoms with E-state index in [1.807, 2.05) is 0 Å². The summed E-state index contributed by atoms with van der Waals surface area (Å²) >= 11 is 0. The van der Waals surface area contributed by atoms with Crippen LogP contribution < -0.4 is 31.1 Å². The lowest BCUT2D eigenvalue weighted by Gasteiger charge is -2.31. The minimum atomic E-state index is -2.62. The van der Waals surface area contributed by atoms with Gasteiger partial charge in [-0.25, -0.2) is 0 Å². The van der Waals surface area contributed by atoms with Crippen LogP contribution in [0.2, 0.25) is 0 Å². The fraction of sp³-hybridized carbons (Fsp3) is 0.0645. The van der Waals surface area contributed by atoms with Gasteiger partial charge in [0, 0.05) is 0 Å². The quantitative estimate of drug-likeness (QED) is 0.0848. The predicted molar refractivity (Wildman–Crippen MR) is 282 cm³/mol. The molecule has 9 aromatic carbocycles. The Labute approximate surface area is 382 Å². The van der Waals surface area contributed by atoms with Gasteiger partial charge in [0.15, 0.2) is 16.1 Å². The molecule has 0 aliphatic rings. The van der Waals surface area contributed by atoms with Crippen molar-refractivity contribution in [2.24, 2.45) is 0 Å². The van der Waals surface area contributed by atoms with Gasteiger partial charge in [0.1, 0.15) is 0 Å². The molecule has 64 heavy (non-hydrogen) atoms. The number of benzene rings is 9. The smallest absolute Gasteiger partial charge is 0.0812 e. The summed E-state index contributed by atoms with van der Waals surface area (Å²) in [5, 5.41) is 8.24. The molecule has 0 aliphatic carbocycles. The molecule has 310 valence electrons. The van der Waals surface area contributed by atoms with E-state index >= 15 is 0 Å². The highest BCUT2D eigenvalue weighted by molar-refractivity contribution is 7.15. The lowest BCUT2D eigenvalue weighted by atomic mass is 10.0. The molecule has 0 N–H and O–H groups in total. The van der Waals surface area contributed by atoms with Crippen molar-refractivity contribution in [2.45, 2.75) is 27.7 Å². The van der Waals surface area contributed by atoms with Crippen LogP contribution in [-0.4, -0.2) is 16.1 Å². The van der Waals surface area contributed by atoms with E-state index in [1.54, 1.807) is 0 Å². The van der Waals surface area contributed by atoms with Gasteiger partial charge in [0.25, 0.3) is 0 Å². The Kier molecular flexibility index (Phi) is 12.3. The van der Waals surface area contributed by atoms with Gasteiger partial charge in [-0.3, -0.25) is 0 Å². The second kappa shape index (κ2) is 18.7. The van der Waals surface area contributed by atoms with E-state index in [9.17, 15) is 0 Å². The number of rotatable bonds is 12. The molecule has 0 fully saturated rings. The van der Waals surface area contributed by atoms with Gasteiger partial charge in [0.2, 0.25) is 0 Å². The first-order chi connectivity index (χ1) is 31.3. The predicted octanol–water partition coefficient (Wildman–Crippen LogP) is 11.7. The molecular formula is C62H54Si2. The SMILES string of the molecule is Cc1ccc(-c2ccc([Si](C=Cc3ccc(-c4ccc(C=C[Si](c5ccccc5)(c5ccc(C)cc5)c5ccc(C)cc5)cc4)cc3)(c3ccccc3)c3ccc(C)cc3)cc2)cc1. The Bertz CT molecular complexity index is 2940. The van der Waals surface area contributed by atoms with E-state index in [0.29, 0.717) is 0 Å². The molecule has 0 heterocycles. The molecule has 2 heteroatoms. The Balaban J connectivity index is 1.03. The fourth-order valence-corrected chi connectivity index (χ4v) is 17.4. The highest BCUT2D eigenvalue weighted by Crippen LogP contribution is 2.24. The summed E-state index contributed by atoms with van der Waals surface area (Å²) < 4.78 is 0. The molecule has 0 aromatic heterocycles. The highest BCUT2D eigenvalue weighted by atomic mass is 28.3. The van der Waals surface area contributed by atoms with Gasteiger partial charge in [0.05, 0.1) is 0 Å². The zero-order valence-corrected chi connectivity index (χ0v) is 39.2. The Hall–Kier alpha value is -7.11. The molecule has 0 saturated heterocycles. The van der Waals surface area contributed by atoms with Gasteiger partial charge < -0.3 is 0 Å². The second-order valence-electron chi connectivity index (χ2n) is 17.3. The topological polar surface area (TPSA) is 0 Å². The summed E-state index contributed by atoms with van der Waals surface area (Å²) in [6, 6.07) is 86.2. The molecule has 0 aliphatic heterocycles. The van der Waals surface area contributed by atoms with Crippen LogP contribution in [-0.2, 0) is 0 Å². The van der Waals surface area contributed by atoms with Crippen LogP contribution in [0.5, 0.6) is 0 Å². The van der Waals surface area contributed by atoms with Crippen LogP contribution in [0.4, 0.5) is 0 Å². The molecule has 1 atom stereocenters. The van der Waals surface area contributed by atoms with Crippen molar-refractivity contribution in [2.75, 3.05) is 0 Å². The largest absolute Gasteiger partial charge is 0.172 e. The normalized spacial score (nSPS) is 12.7. The highest BCUT2D eigenvalue weighted by Gasteiger charge is 2.38. The van der Waals surface area contributed by atoms with Gasteiger partial charge in [-0.05, 0) is 92.2 Å². The lowest BCUT2D eigenvalue weighted by molar-refractivity contribution is 1.47. The monoisotopic (exact) mass is 854 g/mol. The molecule has 0 nitrogen and oxygen atoms in total. The maximum atomic E-state index is 2.54. The van der Waals surface area contributed by atoms with Crippen molar-refractivity contribution in [1.29, 1.82) is 0 Å². The minimum Gasteiger partial charge on any atom is -0.0812 e. The summed E-state index contributed by atoms with van der Waals surface area (Å²) in [6.45, 7) is 8.65. The summed E-state index contributed by atoms with van der Waals surface area (Å²) in [7, 11) is -5.15. The van der Waals surface area contributed by atoms with Crippen LogP contribution >= 0.6 is 0 Å². The van der Waals surface area contributed by atoms with Gasteiger partial charge in [-0.15, -0.1) is 0 Å². The average molecular weight is 855 g/mol. The first-order valence-electron chi connectivity index (χ1n) is 22.4. The van der Waals surface area contributed by atoms with Crippen LogP contribution in [0.15, 0.2) is 242 Å². The van der Waals surface area contributed by atoms with Crippen molar-refractivity contribution < 1.29 is 0 Å². The first-order valence-corrected chi connectivity index (χ1v) is 26.5. The molecule has 1 unspecified atom stereocenters. The third-order valence-corrected chi connectivity index (χ3v) is 21.7. The van der Waals surface area contributed by atoms with Crippen molar-refractivity contribution >= 4 is 59.4 Å². The maximum absolute atomic E-state index is 2.62. The van der Waals surface area contributed by atoms with Crippen molar-refractivity contribution in [3.05, 3.63) is 275 Å². The van der Waals surface area contributed by atoms with Crippen LogP contribution in [0.25, 0.3) is 34.4 Å². The molecular weight excluding hydrogens is 801 g/mol. The van der Waals surface area contributed by atoms with Crippen molar-refractivity contribution in [1.82, 2.24) is 0 Å². The van der Waals surface area contributed by atoms with E-state index in [4.69, 9.17) is 0 Å². The second-order valence-corrected chi connectivity index (χ2v) is 24.7. The first kappa shape index (κ1) is 42.2. The summed E-state index contributed by atoms with van der Waals surface area (Å²) in [4.78, 5) is 0. The lowest BCUT2D eigenvalue weighted by Crippen LogP contribution is -2.66. The van der Waals surface area contributed by atoms with Gasteiger partial charge in [-0.1, -0.05) is 276 Å². The van der Waals surface area contributed by atoms with Crippen LogP contribution in [0.1, 0.15) is 33.4 Å². The molecule has 9 aromatic rings. The summed E-state index contributed by atoms with van der Waals surface area (Å²) in [6.07, 6.45) is 4.71. The molecule has 0 radical (unpaired) electrons. The third kappa shape index (κ3) is 8.76. The zero-order chi connectivity index (χ0) is 43.9. The maximum Gasteiger partial charge on any atom is 0.172 e. The van der Waals surface area contributed by atoms with E-state index in [0.717, 1.165) is 0 Å². The number of hydrogen-bond donors (Lipinski definition) is 0. The standard InChI is InChI=1S/C62H54Si2/c1-47-15-27-53(28-16-47)56-33-41-62(42-34-56)64(58-13-9-6-10-14-58,61-39-21-50(4)22-40-61)46-44-52-25-31-55(32-26-52)54-29-23-51(24-30-54)43-45-63(57-11-7-5-8-12-57,59-35-17-48(2)18-36-59)60-37-19-49(3)20-38-60/h5-46H,1-4H3. The van der Waals surface area contributed by atoms with Gasteiger partial charge in [-0.2, -0.15) is 0 Å². The fourth-order valence-electron chi connectivity index (χ4n) is 9.12. The number of aryl methyl sites for hydroxylation is 4. The van der Waals surface area contributed by atoms with E-state index in [1.165, 1.54) is 86.8 Å². The average Bonchev–Trinajstić information content (AvgIpc) is 3.35. The Morgan fingerprint density at radius 2 is 0.453 bits per heavy atom. The molecule has 0 saturated carbocycles. The van der Waals surface area contributed by atoms with E-state index < -0.39 is 16.1 Å². The van der Waals surface area contributed by atoms with Crippen LogP contribution in [0.3, 0.4) is 0 Å². The Morgan fingerprint density at radius 3 is 0.750 bits per heavy atom. The van der Waals surface area contributed by atoms with Gasteiger partial charge >= 0.3 is 0 Å².